The first-order valence-corrected chi connectivity index (χ1v) is 13.4. The van der Waals surface area contributed by atoms with Crippen molar-refractivity contribution in [2.75, 3.05) is 19.6 Å². The van der Waals surface area contributed by atoms with Crippen LogP contribution >= 0.6 is 0 Å². The number of nitrogens with zero attached hydrogens (tertiary/aromatic N) is 2. The lowest BCUT2D eigenvalue weighted by molar-refractivity contribution is 0.0592. The summed E-state index contributed by atoms with van der Waals surface area (Å²) in [5, 5.41) is 0. The van der Waals surface area contributed by atoms with E-state index < -0.39 is 0 Å². The molecule has 1 aromatic heterocycles. The molecule has 3 aliphatic heterocycles. The van der Waals surface area contributed by atoms with Crippen molar-refractivity contribution in [3.63, 3.8) is 0 Å². The van der Waals surface area contributed by atoms with Gasteiger partial charge in [-0.3, -0.25) is 9.69 Å². The number of amides is 1. The van der Waals surface area contributed by atoms with Crippen molar-refractivity contribution >= 4 is 5.91 Å². The predicted octanol–water partition coefficient (Wildman–Crippen LogP) is 6.25. The molecule has 4 heteroatoms. The van der Waals surface area contributed by atoms with E-state index in [0.29, 0.717) is 23.8 Å². The van der Waals surface area contributed by atoms with Crippen molar-refractivity contribution in [2.45, 2.75) is 68.4 Å². The van der Waals surface area contributed by atoms with Gasteiger partial charge in [0.1, 0.15) is 0 Å². The lowest BCUT2D eigenvalue weighted by atomic mass is 9.70. The van der Waals surface area contributed by atoms with Crippen molar-refractivity contribution in [3.8, 4) is 0 Å². The number of hydrogen-bond donors (Lipinski definition) is 0. The summed E-state index contributed by atoms with van der Waals surface area (Å²) in [5.41, 5.74) is 3.10. The Bertz CT molecular complexity index is 1090. The van der Waals surface area contributed by atoms with Crippen LogP contribution < -0.4 is 0 Å². The van der Waals surface area contributed by atoms with Crippen molar-refractivity contribution in [2.24, 2.45) is 0 Å². The zero-order valence-corrected chi connectivity index (χ0v) is 20.5. The van der Waals surface area contributed by atoms with Gasteiger partial charge >= 0.3 is 0 Å². The number of furan rings is 1. The molecule has 3 atom stereocenters. The molecule has 6 rings (SSSR count). The standard InChI is InChI=1S/C31H36N2O2/c34-30(29-12-7-21-35-29)32-18-15-31(16-19-32,26-10-5-2-6-11-26)17-20-33-27-13-14-28(33)23-25(22-27)24-8-3-1-4-9-24/h1-12,21,25,27-28H,13-20,22-23H2/t25?,27-,28+. The van der Waals surface area contributed by atoms with Gasteiger partial charge in [0.05, 0.1) is 6.26 Å². The molecule has 3 saturated heterocycles. The molecule has 182 valence electrons. The molecule has 0 spiro atoms. The third-order valence-corrected chi connectivity index (χ3v) is 9.13. The molecule has 0 N–H and O–H groups in total. The summed E-state index contributed by atoms with van der Waals surface area (Å²) >= 11 is 0. The number of carbonyl (C=O) groups excluding carboxylic acids is 1. The highest BCUT2D eigenvalue weighted by Crippen LogP contribution is 2.45. The number of benzene rings is 2. The maximum absolute atomic E-state index is 12.9. The number of carbonyl (C=O) groups is 1. The van der Waals surface area contributed by atoms with Crippen molar-refractivity contribution in [1.82, 2.24) is 9.80 Å². The van der Waals surface area contributed by atoms with E-state index in [2.05, 4.69) is 65.6 Å². The lowest BCUT2D eigenvalue weighted by Crippen LogP contribution is -2.48. The molecule has 1 unspecified atom stereocenters. The third-order valence-electron chi connectivity index (χ3n) is 9.13. The van der Waals surface area contributed by atoms with E-state index in [-0.39, 0.29) is 11.3 Å². The Balaban J connectivity index is 1.15. The third kappa shape index (κ3) is 4.45. The van der Waals surface area contributed by atoms with Crippen LogP contribution in [-0.2, 0) is 5.41 Å². The molecule has 3 aromatic rings. The van der Waals surface area contributed by atoms with E-state index in [9.17, 15) is 4.79 Å². The molecule has 1 amide bonds. The predicted molar refractivity (Wildman–Crippen MR) is 139 cm³/mol. The summed E-state index contributed by atoms with van der Waals surface area (Å²) in [6.45, 7) is 2.74. The van der Waals surface area contributed by atoms with Crippen molar-refractivity contribution in [3.05, 3.63) is 95.9 Å². The largest absolute Gasteiger partial charge is 0.459 e. The van der Waals surface area contributed by atoms with Gasteiger partial charge in [-0.15, -0.1) is 0 Å². The molecule has 35 heavy (non-hydrogen) atoms. The van der Waals surface area contributed by atoms with Crippen LogP contribution in [0.3, 0.4) is 0 Å². The van der Waals surface area contributed by atoms with Crippen LogP contribution in [0.4, 0.5) is 0 Å². The molecule has 3 fully saturated rings. The Labute approximate surface area is 208 Å². The van der Waals surface area contributed by atoms with Crippen LogP contribution in [0.15, 0.2) is 83.5 Å². The minimum absolute atomic E-state index is 0.0256. The first-order valence-electron chi connectivity index (χ1n) is 13.4. The second-order valence-corrected chi connectivity index (χ2v) is 10.9. The number of rotatable bonds is 6. The average molecular weight is 469 g/mol. The zero-order chi connectivity index (χ0) is 23.7. The van der Waals surface area contributed by atoms with Gasteiger partial charge < -0.3 is 9.32 Å². The summed E-state index contributed by atoms with van der Waals surface area (Å²) in [4.78, 5) is 17.7. The fourth-order valence-electron chi connectivity index (χ4n) is 7.15. The minimum Gasteiger partial charge on any atom is -0.459 e. The first-order chi connectivity index (χ1) is 17.2. The molecule has 3 aliphatic rings. The molecule has 2 bridgehead atoms. The van der Waals surface area contributed by atoms with E-state index in [1.54, 1.807) is 18.4 Å². The Kier molecular flexibility index (Phi) is 6.24. The monoisotopic (exact) mass is 468 g/mol. The van der Waals surface area contributed by atoms with Gasteiger partial charge in [0, 0.05) is 25.2 Å². The maximum Gasteiger partial charge on any atom is 0.289 e. The topological polar surface area (TPSA) is 36.7 Å². The van der Waals surface area contributed by atoms with Gasteiger partial charge in [-0.25, -0.2) is 0 Å². The maximum atomic E-state index is 12.9. The minimum atomic E-state index is 0.0256. The fraction of sp³-hybridized carbons (Fsp3) is 0.452. The highest BCUT2D eigenvalue weighted by atomic mass is 16.3. The van der Waals surface area contributed by atoms with Crippen LogP contribution in [0.25, 0.3) is 0 Å². The molecule has 4 nitrogen and oxygen atoms in total. The van der Waals surface area contributed by atoms with Crippen LogP contribution in [-0.4, -0.2) is 47.4 Å². The molecule has 0 aliphatic carbocycles. The van der Waals surface area contributed by atoms with Crippen LogP contribution in [0.5, 0.6) is 0 Å². The van der Waals surface area contributed by atoms with E-state index in [1.807, 2.05) is 4.90 Å². The molecule has 0 saturated carbocycles. The lowest BCUT2D eigenvalue weighted by Gasteiger charge is -2.45. The summed E-state index contributed by atoms with van der Waals surface area (Å²) in [6.07, 6.45) is 10.1. The van der Waals surface area contributed by atoms with Crippen LogP contribution in [0.1, 0.15) is 72.5 Å². The fourth-order valence-corrected chi connectivity index (χ4v) is 7.15. The second-order valence-electron chi connectivity index (χ2n) is 10.9. The molecule has 2 aromatic carbocycles. The quantitative estimate of drug-likeness (QED) is 0.429. The van der Waals surface area contributed by atoms with Crippen LogP contribution in [0.2, 0.25) is 0 Å². The van der Waals surface area contributed by atoms with Crippen LogP contribution in [0, 0.1) is 0 Å². The van der Waals surface area contributed by atoms with Gasteiger partial charge in [-0.1, -0.05) is 60.7 Å². The van der Waals surface area contributed by atoms with Crippen molar-refractivity contribution < 1.29 is 9.21 Å². The van der Waals surface area contributed by atoms with E-state index in [1.165, 1.54) is 43.2 Å². The summed E-state index contributed by atoms with van der Waals surface area (Å²) in [7, 11) is 0. The van der Waals surface area contributed by atoms with Gasteiger partial charge in [0.25, 0.3) is 5.91 Å². The van der Waals surface area contributed by atoms with Gasteiger partial charge in [0.15, 0.2) is 5.76 Å². The highest BCUT2D eigenvalue weighted by molar-refractivity contribution is 5.91. The number of piperidine rings is 2. The second kappa shape index (κ2) is 9.66. The number of likely N-dealkylation sites (tertiary alicyclic amines) is 1. The molecule has 0 radical (unpaired) electrons. The summed E-state index contributed by atoms with van der Waals surface area (Å²) in [5.74, 6) is 1.19. The van der Waals surface area contributed by atoms with E-state index in [4.69, 9.17) is 4.42 Å². The highest BCUT2D eigenvalue weighted by Gasteiger charge is 2.43. The van der Waals surface area contributed by atoms with Gasteiger partial charge in [-0.2, -0.15) is 0 Å². The van der Waals surface area contributed by atoms with Gasteiger partial charge in [0.2, 0.25) is 0 Å². The number of fused-ring (bicyclic) bond motifs is 2. The van der Waals surface area contributed by atoms with E-state index >= 15 is 0 Å². The smallest absolute Gasteiger partial charge is 0.289 e. The Hall–Kier alpha value is -2.85. The average Bonchev–Trinajstić information content (AvgIpc) is 3.54. The molecular weight excluding hydrogens is 432 g/mol. The summed E-state index contributed by atoms with van der Waals surface area (Å²) in [6, 6.07) is 27.2. The Morgan fingerprint density at radius 3 is 2.14 bits per heavy atom. The zero-order valence-electron chi connectivity index (χ0n) is 20.5. The van der Waals surface area contributed by atoms with E-state index in [0.717, 1.165) is 32.5 Å². The SMILES string of the molecule is O=C(c1ccco1)N1CCC(CCN2[C@@H]3CC[C@H]2CC(c2ccccc2)C3)(c2ccccc2)CC1. The van der Waals surface area contributed by atoms with Crippen molar-refractivity contribution in [1.29, 1.82) is 0 Å². The molecule has 4 heterocycles. The number of hydrogen-bond acceptors (Lipinski definition) is 3. The Morgan fingerprint density at radius 1 is 0.857 bits per heavy atom. The molecular formula is C31H36N2O2. The first kappa shape index (κ1) is 22.6. The summed E-state index contributed by atoms with van der Waals surface area (Å²) < 4.78 is 5.39. The Morgan fingerprint density at radius 2 is 1.51 bits per heavy atom. The van der Waals surface area contributed by atoms with Gasteiger partial charge in [-0.05, 0) is 86.1 Å². The normalized spacial score (nSPS) is 26.1.